The number of rotatable bonds is 6. The number of aryl methyl sites for hydroxylation is 1. The third-order valence-corrected chi connectivity index (χ3v) is 9.13. The summed E-state index contributed by atoms with van der Waals surface area (Å²) in [5.74, 6) is 0.796. The normalized spacial score (nSPS) is 34.1. The van der Waals surface area contributed by atoms with Crippen LogP contribution in [0, 0.1) is 0 Å². The van der Waals surface area contributed by atoms with Crippen molar-refractivity contribution in [1.29, 1.82) is 0 Å². The van der Waals surface area contributed by atoms with E-state index >= 15 is 0 Å². The minimum atomic E-state index is -1.00. The van der Waals surface area contributed by atoms with E-state index in [1.807, 2.05) is 19.1 Å². The molecule has 1 N–H and O–H groups in total. The predicted molar refractivity (Wildman–Crippen MR) is 126 cm³/mol. The third-order valence-electron chi connectivity index (χ3n) is 9.13. The number of piperidine rings is 1. The minimum Gasteiger partial charge on any atom is -0.504 e. The van der Waals surface area contributed by atoms with Crippen LogP contribution in [0.15, 0.2) is 42.5 Å². The van der Waals surface area contributed by atoms with Crippen molar-refractivity contribution in [3.05, 3.63) is 59.2 Å². The second kappa shape index (κ2) is 7.31. The molecule has 2 aromatic rings. The van der Waals surface area contributed by atoms with Crippen LogP contribution in [0.3, 0.4) is 0 Å². The smallest absolute Gasteiger partial charge is 0.177 e. The lowest BCUT2D eigenvalue weighted by Crippen LogP contribution is -2.80. The number of ether oxygens (including phenoxy) is 2. The Morgan fingerprint density at radius 1 is 1.18 bits per heavy atom. The molecule has 6 rings (SSSR count). The highest BCUT2D eigenvalue weighted by Crippen LogP contribution is 2.69. The summed E-state index contributed by atoms with van der Waals surface area (Å²) in [6.45, 7) is 6.71. The van der Waals surface area contributed by atoms with E-state index in [-0.39, 0.29) is 17.6 Å². The molecule has 33 heavy (non-hydrogen) atoms. The molecule has 1 spiro atoms. The first-order valence-corrected chi connectivity index (χ1v) is 12.5. The molecule has 2 aliphatic carbocycles. The third kappa shape index (κ3) is 2.58. The maximum absolute atomic E-state index is 13.5. The van der Waals surface area contributed by atoms with Crippen LogP contribution in [0.1, 0.15) is 56.2 Å². The quantitative estimate of drug-likeness (QED) is 0.673. The Morgan fingerprint density at radius 3 is 2.79 bits per heavy atom. The van der Waals surface area contributed by atoms with E-state index in [0.29, 0.717) is 25.2 Å². The molecule has 2 aromatic carbocycles. The van der Waals surface area contributed by atoms with Crippen LogP contribution in [0.4, 0.5) is 0 Å². The van der Waals surface area contributed by atoms with Gasteiger partial charge in [-0.25, -0.2) is 0 Å². The van der Waals surface area contributed by atoms with Crippen molar-refractivity contribution in [2.45, 2.75) is 75.0 Å². The highest BCUT2D eigenvalue weighted by atomic mass is 16.5. The number of likely N-dealkylation sites (tertiary alicyclic amines) is 1. The number of ketones is 1. The SMILES string of the molecule is CCN1CC[C@]23c4c5ccc(O)c4OC2(C)C(=O)CC[C@@]3(OCCCc2ccccc2)[C@H]1C5. The van der Waals surface area contributed by atoms with Gasteiger partial charge in [-0.3, -0.25) is 9.69 Å². The Morgan fingerprint density at radius 2 is 2.00 bits per heavy atom. The van der Waals surface area contributed by atoms with Crippen molar-refractivity contribution in [3.8, 4) is 11.5 Å². The average molecular weight is 448 g/mol. The molecule has 5 heteroatoms. The van der Waals surface area contributed by atoms with Crippen molar-refractivity contribution < 1.29 is 19.4 Å². The number of hydrogen-bond acceptors (Lipinski definition) is 5. The van der Waals surface area contributed by atoms with Crippen molar-refractivity contribution in [3.63, 3.8) is 0 Å². The fourth-order valence-electron chi connectivity index (χ4n) is 7.68. The van der Waals surface area contributed by atoms with Gasteiger partial charge >= 0.3 is 0 Å². The number of phenols is 1. The average Bonchev–Trinajstić information content (AvgIpc) is 3.11. The Balaban J connectivity index is 1.44. The van der Waals surface area contributed by atoms with Gasteiger partial charge in [-0.05, 0) is 69.3 Å². The molecule has 5 nitrogen and oxygen atoms in total. The lowest BCUT2D eigenvalue weighted by atomic mass is 9.45. The van der Waals surface area contributed by atoms with Gasteiger partial charge in [-0.15, -0.1) is 0 Å². The molecule has 4 aliphatic rings. The number of nitrogens with zero attached hydrogens (tertiary/aromatic N) is 1. The molecule has 1 saturated heterocycles. The van der Waals surface area contributed by atoms with Gasteiger partial charge in [0.2, 0.25) is 0 Å². The van der Waals surface area contributed by atoms with Crippen molar-refractivity contribution in [1.82, 2.24) is 4.90 Å². The molecule has 2 aliphatic heterocycles. The van der Waals surface area contributed by atoms with Crippen LogP contribution in [-0.2, 0) is 27.8 Å². The van der Waals surface area contributed by atoms with E-state index in [1.54, 1.807) is 6.07 Å². The zero-order valence-electron chi connectivity index (χ0n) is 19.6. The zero-order chi connectivity index (χ0) is 22.8. The standard InChI is InChI=1S/C28H33NO4/c1-3-29-16-15-27-24-20-11-12-21(30)25(24)33-26(27,2)23(31)13-14-28(27,22(29)18-20)32-17-7-10-19-8-5-4-6-9-19/h4-6,8-9,11-12,22,30H,3,7,10,13-18H2,1-2H3/t22-,26?,27+,28-/m1/s1. The molecule has 4 atom stereocenters. The summed E-state index contributed by atoms with van der Waals surface area (Å²) in [7, 11) is 0. The largest absolute Gasteiger partial charge is 0.504 e. The fraction of sp³-hybridized carbons (Fsp3) is 0.536. The van der Waals surface area contributed by atoms with E-state index in [9.17, 15) is 9.90 Å². The summed E-state index contributed by atoms with van der Waals surface area (Å²) in [4.78, 5) is 16.0. The molecular formula is C28H33NO4. The summed E-state index contributed by atoms with van der Waals surface area (Å²) in [6.07, 6.45) is 4.75. The Hall–Kier alpha value is -2.37. The molecule has 1 saturated carbocycles. The van der Waals surface area contributed by atoms with E-state index < -0.39 is 16.6 Å². The van der Waals surface area contributed by atoms with Gasteiger partial charge in [-0.2, -0.15) is 0 Å². The van der Waals surface area contributed by atoms with Crippen LogP contribution >= 0.6 is 0 Å². The van der Waals surface area contributed by atoms with Crippen molar-refractivity contribution in [2.24, 2.45) is 0 Å². The van der Waals surface area contributed by atoms with E-state index in [1.165, 1.54) is 11.1 Å². The number of carbonyl (C=O) groups excluding carboxylic acids is 1. The zero-order valence-corrected chi connectivity index (χ0v) is 19.6. The second-order valence-electron chi connectivity index (χ2n) is 10.3. The number of carbonyl (C=O) groups is 1. The Kier molecular flexibility index (Phi) is 4.69. The van der Waals surface area contributed by atoms with E-state index in [0.717, 1.165) is 44.3 Å². The summed E-state index contributed by atoms with van der Waals surface area (Å²) in [5, 5.41) is 10.7. The molecule has 1 unspecified atom stereocenters. The lowest BCUT2D eigenvalue weighted by molar-refractivity contribution is -0.230. The van der Waals surface area contributed by atoms with Gasteiger partial charge in [0, 0.05) is 24.6 Å². The number of phenolic OH excluding ortho intramolecular Hbond substituents is 1. The van der Waals surface area contributed by atoms with Gasteiger partial charge in [0.1, 0.15) is 0 Å². The number of hydrogen-bond donors (Lipinski definition) is 1. The summed E-state index contributed by atoms with van der Waals surface area (Å²) in [6, 6.07) is 14.5. The number of likely N-dealkylation sites (N-methyl/N-ethyl adjacent to an activating group) is 1. The van der Waals surface area contributed by atoms with Crippen LogP contribution in [0.25, 0.3) is 0 Å². The van der Waals surface area contributed by atoms with Crippen LogP contribution in [0.5, 0.6) is 11.5 Å². The summed E-state index contributed by atoms with van der Waals surface area (Å²) >= 11 is 0. The van der Waals surface area contributed by atoms with Crippen LogP contribution in [0.2, 0.25) is 0 Å². The van der Waals surface area contributed by atoms with Gasteiger partial charge in [-0.1, -0.05) is 43.3 Å². The van der Waals surface area contributed by atoms with Crippen LogP contribution < -0.4 is 4.74 Å². The molecule has 174 valence electrons. The topological polar surface area (TPSA) is 59.0 Å². The highest BCUT2D eigenvalue weighted by molar-refractivity contribution is 5.94. The van der Waals surface area contributed by atoms with Crippen molar-refractivity contribution in [2.75, 3.05) is 19.7 Å². The monoisotopic (exact) mass is 447 g/mol. The molecule has 0 radical (unpaired) electrons. The van der Waals surface area contributed by atoms with Gasteiger partial charge in [0.25, 0.3) is 0 Å². The Labute approximate surface area is 195 Å². The van der Waals surface area contributed by atoms with Gasteiger partial charge < -0.3 is 14.6 Å². The number of aromatic hydroxyl groups is 1. The van der Waals surface area contributed by atoms with E-state index in [2.05, 4.69) is 36.1 Å². The number of benzene rings is 2. The molecular weight excluding hydrogens is 414 g/mol. The molecule has 0 amide bonds. The molecule has 0 aromatic heterocycles. The molecule has 2 bridgehead atoms. The number of Topliss-reactive ketones (excluding diaryl/α,β-unsaturated/α-hetero) is 1. The van der Waals surface area contributed by atoms with Gasteiger partial charge in [0.05, 0.1) is 11.0 Å². The molecule has 2 fully saturated rings. The predicted octanol–water partition coefficient (Wildman–Crippen LogP) is 4.18. The fourth-order valence-corrected chi connectivity index (χ4v) is 7.68. The van der Waals surface area contributed by atoms with Crippen LogP contribution in [-0.4, -0.2) is 52.7 Å². The first-order valence-electron chi connectivity index (χ1n) is 12.5. The lowest BCUT2D eigenvalue weighted by Gasteiger charge is -2.66. The molecule has 2 heterocycles. The van der Waals surface area contributed by atoms with E-state index in [4.69, 9.17) is 9.47 Å². The Bertz CT molecular complexity index is 1100. The highest BCUT2D eigenvalue weighted by Gasteiger charge is 2.78. The maximum Gasteiger partial charge on any atom is 0.177 e. The van der Waals surface area contributed by atoms with Gasteiger partial charge in [0.15, 0.2) is 22.9 Å². The first-order chi connectivity index (χ1) is 16.0. The summed E-state index contributed by atoms with van der Waals surface area (Å²) < 4.78 is 13.5. The second-order valence-corrected chi connectivity index (χ2v) is 10.3. The summed E-state index contributed by atoms with van der Waals surface area (Å²) in [5.41, 5.74) is 1.52. The van der Waals surface area contributed by atoms with Crippen molar-refractivity contribution >= 4 is 5.78 Å². The first kappa shape index (κ1) is 21.2. The maximum atomic E-state index is 13.5. The minimum absolute atomic E-state index is 0.137.